The topological polar surface area (TPSA) is 55.8 Å². The number of rotatable bonds is 8. The van der Waals surface area contributed by atoms with E-state index in [1.54, 1.807) is 31.2 Å². The van der Waals surface area contributed by atoms with Crippen LogP contribution in [0.25, 0.3) is 0 Å². The van der Waals surface area contributed by atoms with Crippen molar-refractivity contribution in [3.8, 4) is 5.75 Å². The summed E-state index contributed by atoms with van der Waals surface area (Å²) >= 11 is 5.84. The van der Waals surface area contributed by atoms with Gasteiger partial charge in [0.25, 0.3) is 0 Å². The fourth-order valence-electron chi connectivity index (χ4n) is 2.48. The minimum atomic E-state index is -4.53. The lowest BCUT2D eigenvalue weighted by Gasteiger charge is -2.16. The van der Waals surface area contributed by atoms with Crippen LogP contribution >= 0.6 is 11.6 Å². The van der Waals surface area contributed by atoms with Gasteiger partial charge in [-0.25, -0.2) is 0 Å². The van der Waals surface area contributed by atoms with Crippen molar-refractivity contribution in [3.63, 3.8) is 0 Å². The Morgan fingerprint density at radius 3 is 2.41 bits per heavy atom. The Balaban J connectivity index is 2.08. The van der Waals surface area contributed by atoms with Gasteiger partial charge in [0.2, 0.25) is 0 Å². The van der Waals surface area contributed by atoms with Crippen LogP contribution in [0.1, 0.15) is 36.1 Å². The number of carboxylic acids is 1. The highest BCUT2D eigenvalue weighted by Gasteiger charge is 2.33. The zero-order chi connectivity index (χ0) is 20.0. The van der Waals surface area contributed by atoms with Crippen LogP contribution in [0.4, 0.5) is 13.2 Å². The first-order valence-corrected chi connectivity index (χ1v) is 8.51. The summed E-state index contributed by atoms with van der Waals surface area (Å²) in [5.41, 5.74) is -0.0221. The van der Waals surface area contributed by atoms with Gasteiger partial charge in [-0.1, -0.05) is 35.9 Å². The molecule has 27 heavy (non-hydrogen) atoms. The van der Waals surface area contributed by atoms with E-state index in [1.165, 1.54) is 12.1 Å². The van der Waals surface area contributed by atoms with Gasteiger partial charge in [-0.05, 0) is 30.7 Å². The molecule has 0 bridgehead atoms. The summed E-state index contributed by atoms with van der Waals surface area (Å²) in [7, 11) is 0. The molecule has 0 aliphatic heterocycles. The van der Waals surface area contributed by atoms with E-state index >= 15 is 0 Å². The Morgan fingerprint density at radius 1 is 1.19 bits per heavy atom. The molecule has 1 unspecified atom stereocenters. The average Bonchev–Trinajstić information content (AvgIpc) is 2.59. The number of hydrogen-bond donors (Lipinski definition) is 1. The van der Waals surface area contributed by atoms with Crippen molar-refractivity contribution in [2.24, 2.45) is 0 Å². The minimum Gasteiger partial charge on any atom is -0.489 e. The van der Waals surface area contributed by atoms with E-state index in [4.69, 9.17) is 26.2 Å². The molecule has 0 saturated carbocycles. The van der Waals surface area contributed by atoms with Crippen LogP contribution in [0.5, 0.6) is 5.75 Å². The van der Waals surface area contributed by atoms with Gasteiger partial charge in [0.1, 0.15) is 12.4 Å². The predicted molar refractivity (Wildman–Crippen MR) is 93.8 cm³/mol. The summed E-state index contributed by atoms with van der Waals surface area (Å²) in [6.07, 6.45) is -5.29. The van der Waals surface area contributed by atoms with Gasteiger partial charge >= 0.3 is 12.1 Å². The average molecular weight is 403 g/mol. The van der Waals surface area contributed by atoms with Crippen LogP contribution in [0.2, 0.25) is 5.02 Å². The molecule has 1 N–H and O–H groups in total. The Kier molecular flexibility index (Phi) is 7.10. The first kappa shape index (κ1) is 21.1. The van der Waals surface area contributed by atoms with Crippen molar-refractivity contribution in [1.29, 1.82) is 0 Å². The predicted octanol–water partition coefficient (Wildman–Crippen LogP) is 5.49. The number of alkyl halides is 3. The molecular formula is C19H18ClF3O4. The number of carboxylic acid groups (broad SMARTS) is 1. The molecule has 1 atom stereocenters. The molecule has 146 valence electrons. The molecule has 2 aromatic rings. The number of hydrogen-bond acceptors (Lipinski definition) is 3. The Morgan fingerprint density at radius 2 is 1.85 bits per heavy atom. The normalized spacial score (nSPS) is 12.6. The largest absolute Gasteiger partial charge is 0.489 e. The summed E-state index contributed by atoms with van der Waals surface area (Å²) in [5.74, 6) is -0.564. The van der Waals surface area contributed by atoms with Crippen molar-refractivity contribution < 1.29 is 32.5 Å². The monoisotopic (exact) mass is 402 g/mol. The fraction of sp³-hybridized carbons (Fsp3) is 0.316. The molecule has 0 aliphatic carbocycles. The lowest BCUT2D eigenvalue weighted by molar-refractivity contribution is -0.140. The van der Waals surface area contributed by atoms with Gasteiger partial charge < -0.3 is 14.6 Å². The van der Waals surface area contributed by atoms with Crippen LogP contribution in [0.3, 0.4) is 0 Å². The van der Waals surface area contributed by atoms with Crippen LogP contribution in [-0.4, -0.2) is 17.7 Å². The van der Waals surface area contributed by atoms with Gasteiger partial charge in [0.05, 0.1) is 23.1 Å². The molecule has 4 nitrogen and oxygen atoms in total. The number of aliphatic carboxylic acids is 1. The zero-order valence-corrected chi connectivity index (χ0v) is 15.2. The highest BCUT2D eigenvalue weighted by molar-refractivity contribution is 6.32. The maximum absolute atomic E-state index is 12.9. The molecule has 0 radical (unpaired) electrons. The second-order valence-corrected chi connectivity index (χ2v) is 6.05. The molecule has 0 aromatic heterocycles. The van der Waals surface area contributed by atoms with Crippen molar-refractivity contribution in [2.45, 2.75) is 32.2 Å². The van der Waals surface area contributed by atoms with E-state index in [-0.39, 0.29) is 23.6 Å². The summed E-state index contributed by atoms with van der Waals surface area (Å²) in [5, 5.41) is 8.56. The molecule has 0 spiro atoms. The first-order valence-electron chi connectivity index (χ1n) is 8.13. The lowest BCUT2D eigenvalue weighted by Crippen LogP contribution is -2.10. The third-order valence-electron chi connectivity index (χ3n) is 3.76. The Labute approximate surface area is 159 Å². The third kappa shape index (κ3) is 5.87. The number of carbonyl (C=O) groups is 1. The number of halogens is 4. The van der Waals surface area contributed by atoms with E-state index in [0.717, 1.165) is 6.07 Å². The lowest BCUT2D eigenvalue weighted by atomic mass is 10.1. The van der Waals surface area contributed by atoms with Crippen molar-refractivity contribution in [3.05, 3.63) is 64.2 Å². The quantitative estimate of drug-likeness (QED) is 0.634. The minimum absolute atomic E-state index is 0.133. The zero-order valence-electron chi connectivity index (χ0n) is 14.4. The highest BCUT2D eigenvalue weighted by atomic mass is 35.5. The van der Waals surface area contributed by atoms with Crippen molar-refractivity contribution >= 4 is 17.6 Å². The molecule has 0 fully saturated rings. The summed E-state index contributed by atoms with van der Waals surface area (Å²) < 4.78 is 49.6. The second kappa shape index (κ2) is 9.10. The number of ether oxygens (including phenoxy) is 2. The summed E-state index contributed by atoms with van der Waals surface area (Å²) in [4.78, 5) is 10.9. The SMILES string of the molecule is CCOC(CC(=O)O)c1ccc(OCc2cccc(C(F)(F)F)c2Cl)cc1. The molecule has 2 rings (SSSR count). The van der Waals surface area contributed by atoms with Crippen LogP contribution < -0.4 is 4.74 Å². The maximum Gasteiger partial charge on any atom is 0.417 e. The maximum atomic E-state index is 12.9. The molecule has 0 amide bonds. The molecular weight excluding hydrogens is 385 g/mol. The van der Waals surface area contributed by atoms with Crippen LogP contribution in [-0.2, 0) is 22.3 Å². The van der Waals surface area contributed by atoms with Gasteiger partial charge in [0, 0.05) is 12.2 Å². The molecule has 2 aromatic carbocycles. The van der Waals surface area contributed by atoms with Gasteiger partial charge in [-0.15, -0.1) is 0 Å². The van der Waals surface area contributed by atoms with Crippen molar-refractivity contribution in [1.82, 2.24) is 0 Å². The smallest absolute Gasteiger partial charge is 0.417 e. The molecule has 0 saturated heterocycles. The van der Waals surface area contributed by atoms with E-state index in [9.17, 15) is 18.0 Å². The fourth-order valence-corrected chi connectivity index (χ4v) is 2.77. The van der Waals surface area contributed by atoms with E-state index in [2.05, 4.69) is 0 Å². The Bertz CT molecular complexity index is 776. The van der Waals surface area contributed by atoms with E-state index in [0.29, 0.717) is 17.9 Å². The van der Waals surface area contributed by atoms with Gasteiger partial charge in [-0.3, -0.25) is 4.79 Å². The second-order valence-electron chi connectivity index (χ2n) is 5.68. The van der Waals surface area contributed by atoms with Gasteiger partial charge in [-0.2, -0.15) is 13.2 Å². The molecule has 0 heterocycles. The molecule has 0 aliphatic rings. The van der Waals surface area contributed by atoms with E-state index in [1.807, 2.05) is 0 Å². The van der Waals surface area contributed by atoms with E-state index < -0.39 is 23.8 Å². The standard InChI is InChI=1S/C19H18ClF3O4/c1-2-26-16(10-17(24)25)12-6-8-14(9-7-12)27-11-13-4-3-5-15(18(13)20)19(21,22)23/h3-9,16H,2,10-11H2,1H3,(H,24,25). The highest BCUT2D eigenvalue weighted by Crippen LogP contribution is 2.36. The first-order chi connectivity index (χ1) is 12.7. The van der Waals surface area contributed by atoms with Gasteiger partial charge in [0.15, 0.2) is 0 Å². The summed E-state index contributed by atoms with van der Waals surface area (Å²) in [6, 6.07) is 10.2. The number of benzene rings is 2. The van der Waals surface area contributed by atoms with Crippen molar-refractivity contribution in [2.75, 3.05) is 6.61 Å². The molecule has 8 heteroatoms. The van der Waals surface area contributed by atoms with Crippen LogP contribution in [0.15, 0.2) is 42.5 Å². The third-order valence-corrected chi connectivity index (χ3v) is 4.20. The summed E-state index contributed by atoms with van der Waals surface area (Å²) in [6.45, 7) is 2.00. The van der Waals surface area contributed by atoms with Crippen LogP contribution in [0, 0.1) is 0 Å². The Hall–Kier alpha value is -2.25.